The van der Waals surface area contributed by atoms with Crippen LogP contribution >= 0.6 is 0 Å². The number of ketones is 1. The third kappa shape index (κ3) is 6.09. The van der Waals surface area contributed by atoms with E-state index in [0.29, 0.717) is 5.75 Å². The van der Waals surface area contributed by atoms with E-state index in [1.807, 2.05) is 0 Å². The molecule has 1 N–H and O–H groups in total. The van der Waals surface area contributed by atoms with Crippen molar-refractivity contribution in [2.45, 2.75) is 93.9 Å². The van der Waals surface area contributed by atoms with Gasteiger partial charge in [0.1, 0.15) is 13.6 Å². The van der Waals surface area contributed by atoms with Gasteiger partial charge in [0, 0.05) is 22.3 Å². The largest absolute Gasteiger partial charge is 0.507 e. The van der Waals surface area contributed by atoms with Gasteiger partial charge in [0.25, 0.3) is 0 Å². The molecule has 2 nitrogen and oxygen atoms in total. The van der Waals surface area contributed by atoms with Crippen LogP contribution in [-0.4, -0.2) is 18.7 Å². The molecule has 2 aromatic rings. The zero-order chi connectivity index (χ0) is 29.0. The maximum atomic E-state index is 13.7. The highest BCUT2D eigenvalue weighted by Crippen LogP contribution is 2.45. The van der Waals surface area contributed by atoms with E-state index in [1.54, 1.807) is 0 Å². The van der Waals surface area contributed by atoms with Crippen LogP contribution in [0.4, 0.5) is 0 Å². The Hall–Kier alpha value is -2.81. The molecule has 0 heterocycles. The zero-order valence-corrected chi connectivity index (χ0v) is 26.0. The van der Waals surface area contributed by atoms with Gasteiger partial charge in [0.05, 0.1) is 0 Å². The lowest BCUT2D eigenvalue weighted by atomic mass is 9.70. The molecular weight excluding hydrogens is 463 g/mol. The summed E-state index contributed by atoms with van der Waals surface area (Å²) in [4.78, 5) is 13.7. The molecule has 0 aromatic heterocycles. The van der Waals surface area contributed by atoms with Crippen LogP contribution in [0.2, 0.25) is 0 Å². The number of allylic oxidation sites excluding steroid dienone is 5. The topological polar surface area (TPSA) is 37.3 Å². The molecule has 0 atom stereocenters. The summed E-state index contributed by atoms with van der Waals surface area (Å²) in [6, 6.07) is 12.9. The van der Waals surface area contributed by atoms with Crippen LogP contribution in [-0.2, 0) is 15.6 Å². The molecule has 0 amide bonds. The number of phenolic OH excluding ortho intramolecular Hbond substituents is 1. The minimum atomic E-state index is -0.298. The summed E-state index contributed by atoms with van der Waals surface area (Å²) in [5, 5.41) is 11.4. The number of benzene rings is 2. The van der Waals surface area contributed by atoms with E-state index < -0.39 is 0 Å². The second-order valence-electron chi connectivity index (χ2n) is 15.1. The first-order valence-corrected chi connectivity index (χ1v) is 13.8. The first-order valence-electron chi connectivity index (χ1n) is 13.8. The Morgan fingerprint density at radius 3 is 1.37 bits per heavy atom. The van der Waals surface area contributed by atoms with Crippen molar-refractivity contribution in [1.82, 2.24) is 0 Å². The Bertz CT molecular complexity index is 1270. The lowest BCUT2D eigenvalue weighted by Crippen LogP contribution is -2.28. The van der Waals surface area contributed by atoms with Gasteiger partial charge in [-0.25, -0.2) is 0 Å². The summed E-state index contributed by atoms with van der Waals surface area (Å²) >= 11 is 0. The molecule has 3 heteroatoms. The zero-order valence-electron chi connectivity index (χ0n) is 26.0. The fourth-order valence-corrected chi connectivity index (χ4v) is 5.03. The molecule has 1 aliphatic carbocycles. The number of Topliss-reactive ketones (excluding diaryl/α,β-unsaturated/α-hetero) is 1. The quantitative estimate of drug-likeness (QED) is 0.423. The summed E-state index contributed by atoms with van der Waals surface area (Å²) in [6.07, 6.45) is 4.21. The monoisotopic (exact) mass is 510 g/mol. The maximum absolute atomic E-state index is 13.7. The summed E-state index contributed by atoms with van der Waals surface area (Å²) in [6.45, 7) is 25.5. The van der Waals surface area contributed by atoms with Crippen molar-refractivity contribution < 1.29 is 9.90 Å². The molecule has 202 valence electrons. The molecule has 0 fully saturated rings. The number of phenols is 1. The Morgan fingerprint density at radius 1 is 0.632 bits per heavy atom. The SMILES string of the molecule is Bc1ccc(C(=C2C=C(C(C)(C)C)C(=O)C(C(C)(C)C)=C2)c2cc(C(C)(C)C)c(O)c(C(C)(C)C)c2)cc1. The number of carbonyl (C=O) groups is 1. The molecule has 3 rings (SSSR count). The van der Waals surface area contributed by atoms with Crippen molar-refractivity contribution in [3.8, 4) is 5.75 Å². The summed E-state index contributed by atoms with van der Waals surface area (Å²) < 4.78 is 0. The molecule has 0 saturated heterocycles. The third-order valence-electron chi connectivity index (χ3n) is 7.35. The third-order valence-corrected chi connectivity index (χ3v) is 7.35. The molecule has 0 bridgehead atoms. The summed E-state index contributed by atoms with van der Waals surface area (Å²) in [5.74, 6) is 0.506. The standard InChI is InChI=1S/C35H47BO2/c1-32(2,3)25-17-22(18-26(30(25)37)33(4,5)6)29(21-13-15-24(36)16-14-21)23-19-27(34(7,8)9)31(38)28(20-23)35(10,11)12/h13-20,37H,36H2,1-12H3. The van der Waals surface area contributed by atoms with Gasteiger partial charge in [-0.15, -0.1) is 0 Å². The van der Waals surface area contributed by atoms with Crippen LogP contribution in [0.3, 0.4) is 0 Å². The molecule has 0 spiro atoms. The predicted octanol–water partition coefficient (Wildman–Crippen LogP) is 7.58. The lowest BCUT2D eigenvalue weighted by molar-refractivity contribution is -0.114. The number of rotatable bonds is 2. The molecule has 0 unspecified atom stereocenters. The first-order chi connectivity index (χ1) is 17.1. The average Bonchev–Trinajstić information content (AvgIpc) is 2.73. The highest BCUT2D eigenvalue weighted by atomic mass is 16.3. The van der Waals surface area contributed by atoms with Gasteiger partial charge in [0.15, 0.2) is 5.78 Å². The number of hydrogen-bond donors (Lipinski definition) is 1. The average molecular weight is 511 g/mol. The minimum Gasteiger partial charge on any atom is -0.507 e. The van der Waals surface area contributed by atoms with Crippen molar-refractivity contribution in [2.75, 3.05) is 0 Å². The van der Waals surface area contributed by atoms with E-state index in [2.05, 4.69) is 139 Å². The Balaban J connectivity index is 2.58. The van der Waals surface area contributed by atoms with Crippen LogP contribution < -0.4 is 5.46 Å². The van der Waals surface area contributed by atoms with Crippen molar-refractivity contribution in [3.63, 3.8) is 0 Å². The second kappa shape index (κ2) is 9.74. The van der Waals surface area contributed by atoms with Gasteiger partial charge in [-0.3, -0.25) is 4.79 Å². The Kier molecular flexibility index (Phi) is 7.63. The fraction of sp³-hybridized carbons (Fsp3) is 0.457. The van der Waals surface area contributed by atoms with Crippen molar-refractivity contribution in [2.24, 2.45) is 10.8 Å². The van der Waals surface area contributed by atoms with Gasteiger partial charge < -0.3 is 5.11 Å². The van der Waals surface area contributed by atoms with Crippen molar-refractivity contribution in [3.05, 3.63) is 87.5 Å². The van der Waals surface area contributed by atoms with Crippen molar-refractivity contribution in [1.29, 1.82) is 0 Å². The normalized spacial score (nSPS) is 15.4. The lowest BCUT2D eigenvalue weighted by Gasteiger charge is -2.32. The van der Waals surface area contributed by atoms with Crippen LogP contribution in [0.25, 0.3) is 5.57 Å². The summed E-state index contributed by atoms with van der Waals surface area (Å²) in [5.41, 5.74) is 7.89. The van der Waals surface area contributed by atoms with Crippen molar-refractivity contribution >= 4 is 24.7 Å². The molecular formula is C35H47BO2. The van der Waals surface area contributed by atoms with E-state index in [0.717, 1.165) is 44.5 Å². The van der Waals surface area contributed by atoms with E-state index in [9.17, 15) is 9.90 Å². The minimum absolute atomic E-state index is 0.133. The van der Waals surface area contributed by atoms with Gasteiger partial charge in [-0.2, -0.15) is 0 Å². The Labute approximate surface area is 232 Å². The van der Waals surface area contributed by atoms with Crippen LogP contribution in [0.1, 0.15) is 105 Å². The van der Waals surface area contributed by atoms with E-state index >= 15 is 0 Å². The molecule has 0 aliphatic heterocycles. The maximum Gasteiger partial charge on any atom is 0.186 e. The molecule has 38 heavy (non-hydrogen) atoms. The van der Waals surface area contributed by atoms with Gasteiger partial charge in [-0.05, 0) is 68.2 Å². The molecule has 1 aliphatic rings. The highest BCUT2D eigenvalue weighted by Gasteiger charge is 2.35. The van der Waals surface area contributed by atoms with Gasteiger partial charge in [0.2, 0.25) is 0 Å². The highest BCUT2D eigenvalue weighted by molar-refractivity contribution is 6.32. The van der Waals surface area contributed by atoms with Crippen LogP contribution in [0.15, 0.2) is 65.3 Å². The number of carbonyl (C=O) groups excluding carboxylic acids is 1. The second-order valence-corrected chi connectivity index (χ2v) is 15.1. The fourth-order valence-electron chi connectivity index (χ4n) is 5.03. The number of aromatic hydroxyl groups is 1. The van der Waals surface area contributed by atoms with E-state index in [-0.39, 0.29) is 27.4 Å². The predicted molar refractivity (Wildman–Crippen MR) is 166 cm³/mol. The van der Waals surface area contributed by atoms with E-state index in [1.165, 1.54) is 5.46 Å². The summed E-state index contributed by atoms with van der Waals surface area (Å²) in [7, 11) is 2.10. The Morgan fingerprint density at radius 2 is 1.03 bits per heavy atom. The van der Waals surface area contributed by atoms with E-state index in [4.69, 9.17) is 0 Å². The molecule has 0 saturated carbocycles. The van der Waals surface area contributed by atoms with Gasteiger partial charge in [-0.1, -0.05) is 113 Å². The van der Waals surface area contributed by atoms with Gasteiger partial charge >= 0.3 is 0 Å². The van der Waals surface area contributed by atoms with Crippen LogP contribution in [0, 0.1) is 10.8 Å². The number of hydrogen-bond acceptors (Lipinski definition) is 2. The smallest absolute Gasteiger partial charge is 0.186 e. The first kappa shape index (κ1) is 29.7. The van der Waals surface area contributed by atoms with Crippen LogP contribution in [0.5, 0.6) is 5.75 Å². The molecule has 2 aromatic carbocycles. The molecule has 0 radical (unpaired) electrons.